The highest BCUT2D eigenvalue weighted by molar-refractivity contribution is 7.92. The predicted molar refractivity (Wildman–Crippen MR) is 123 cm³/mol. The zero-order chi connectivity index (χ0) is 23.5. The molecule has 174 valence electrons. The van der Waals surface area contributed by atoms with Gasteiger partial charge in [0.25, 0.3) is 5.91 Å². The second-order valence-corrected chi connectivity index (χ2v) is 9.66. The van der Waals surface area contributed by atoms with Gasteiger partial charge in [0.15, 0.2) is 17.6 Å². The standard InChI is InChI=1S/C22H27ClN2O6S/c1-5-29-19-9-7-15(11-20(19)30-6-2)14(3)24-22(26)21-13-25(32(4,27)28)17-12-16(23)8-10-18(17)31-21/h7-12,14,21H,5-6,13H2,1-4H3,(H,24,26)/t14-,21-/m0/s1. The quantitative estimate of drug-likeness (QED) is 0.618. The number of carbonyl (C=O) groups is 1. The van der Waals surface area contributed by atoms with Gasteiger partial charge in [-0.3, -0.25) is 9.10 Å². The summed E-state index contributed by atoms with van der Waals surface area (Å²) < 4.78 is 42.8. The molecule has 10 heteroatoms. The Morgan fingerprint density at radius 3 is 2.53 bits per heavy atom. The van der Waals surface area contributed by atoms with Crippen LogP contribution in [-0.4, -0.2) is 46.4 Å². The number of hydrogen-bond acceptors (Lipinski definition) is 6. The Morgan fingerprint density at radius 2 is 1.88 bits per heavy atom. The number of nitrogens with one attached hydrogen (secondary N) is 1. The molecule has 0 aliphatic carbocycles. The summed E-state index contributed by atoms with van der Waals surface area (Å²) in [6.45, 7) is 6.43. The predicted octanol–water partition coefficient (Wildman–Crippen LogP) is 3.54. The molecule has 0 saturated carbocycles. The van der Waals surface area contributed by atoms with Crippen molar-refractivity contribution in [3.63, 3.8) is 0 Å². The molecule has 0 saturated heterocycles. The molecular formula is C22H27ClN2O6S. The molecule has 0 radical (unpaired) electrons. The van der Waals surface area contributed by atoms with Crippen molar-refractivity contribution in [2.45, 2.75) is 32.9 Å². The Labute approximate surface area is 193 Å². The van der Waals surface area contributed by atoms with Crippen molar-refractivity contribution < 1.29 is 27.4 Å². The number of carbonyl (C=O) groups excluding carboxylic acids is 1. The van der Waals surface area contributed by atoms with Crippen molar-refractivity contribution >= 4 is 33.2 Å². The summed E-state index contributed by atoms with van der Waals surface area (Å²) in [5, 5.41) is 3.27. The molecule has 0 bridgehead atoms. The van der Waals surface area contributed by atoms with Crippen LogP contribution in [0.15, 0.2) is 36.4 Å². The van der Waals surface area contributed by atoms with Crippen LogP contribution >= 0.6 is 11.6 Å². The van der Waals surface area contributed by atoms with Gasteiger partial charge in [0.05, 0.1) is 37.7 Å². The highest BCUT2D eigenvalue weighted by Gasteiger charge is 2.35. The normalized spacial score (nSPS) is 16.5. The van der Waals surface area contributed by atoms with E-state index in [1.807, 2.05) is 32.9 Å². The van der Waals surface area contributed by atoms with Crippen LogP contribution in [0.3, 0.4) is 0 Å². The highest BCUT2D eigenvalue weighted by Crippen LogP contribution is 2.37. The summed E-state index contributed by atoms with van der Waals surface area (Å²) in [5.41, 5.74) is 1.12. The summed E-state index contributed by atoms with van der Waals surface area (Å²) in [7, 11) is -3.64. The summed E-state index contributed by atoms with van der Waals surface area (Å²) >= 11 is 6.02. The number of anilines is 1. The molecule has 1 N–H and O–H groups in total. The third-order valence-corrected chi connectivity index (χ3v) is 6.29. The van der Waals surface area contributed by atoms with E-state index in [9.17, 15) is 13.2 Å². The lowest BCUT2D eigenvalue weighted by Crippen LogP contribution is -2.50. The summed E-state index contributed by atoms with van der Waals surface area (Å²) in [5.74, 6) is 1.07. The first-order chi connectivity index (χ1) is 15.1. The van der Waals surface area contributed by atoms with Gasteiger partial charge in [-0.25, -0.2) is 8.42 Å². The topological polar surface area (TPSA) is 94.2 Å². The van der Waals surface area contributed by atoms with Crippen LogP contribution in [0.4, 0.5) is 5.69 Å². The number of halogens is 1. The Kier molecular flexibility index (Phi) is 7.40. The van der Waals surface area contributed by atoms with E-state index < -0.39 is 22.0 Å². The molecule has 2 aromatic carbocycles. The molecule has 1 amide bonds. The molecule has 2 atom stereocenters. The molecule has 8 nitrogen and oxygen atoms in total. The SMILES string of the molecule is CCOc1ccc([C@H](C)NC(=O)[C@@H]2CN(S(C)(=O)=O)c3cc(Cl)ccc3O2)cc1OCC. The second kappa shape index (κ2) is 9.87. The van der Waals surface area contributed by atoms with E-state index >= 15 is 0 Å². The minimum Gasteiger partial charge on any atom is -0.490 e. The number of nitrogens with zero attached hydrogens (tertiary/aromatic N) is 1. The molecule has 3 rings (SSSR count). The number of fused-ring (bicyclic) bond motifs is 1. The maximum atomic E-state index is 13.0. The lowest BCUT2D eigenvalue weighted by Gasteiger charge is -2.34. The molecule has 0 spiro atoms. The third kappa shape index (κ3) is 5.39. The number of rotatable bonds is 8. The first kappa shape index (κ1) is 24.0. The van der Waals surface area contributed by atoms with Gasteiger partial charge in [0.1, 0.15) is 5.75 Å². The van der Waals surface area contributed by atoms with Gasteiger partial charge in [-0.15, -0.1) is 0 Å². The van der Waals surface area contributed by atoms with Crippen molar-refractivity contribution in [1.82, 2.24) is 5.32 Å². The van der Waals surface area contributed by atoms with Crippen LogP contribution in [0.25, 0.3) is 0 Å². The average molecular weight is 483 g/mol. The molecule has 0 unspecified atom stereocenters. The van der Waals surface area contributed by atoms with E-state index in [0.717, 1.165) is 16.1 Å². The van der Waals surface area contributed by atoms with Gasteiger partial charge in [-0.05, 0) is 56.7 Å². The van der Waals surface area contributed by atoms with Crippen molar-refractivity contribution in [3.05, 3.63) is 47.0 Å². The molecule has 0 aromatic heterocycles. The van der Waals surface area contributed by atoms with Gasteiger partial charge >= 0.3 is 0 Å². The van der Waals surface area contributed by atoms with Gasteiger partial charge in [-0.1, -0.05) is 17.7 Å². The summed E-state index contributed by atoms with van der Waals surface area (Å²) in [4.78, 5) is 13.0. The highest BCUT2D eigenvalue weighted by atomic mass is 35.5. The maximum absolute atomic E-state index is 13.0. The molecule has 1 aliphatic heterocycles. The Hall–Kier alpha value is -2.65. The van der Waals surface area contributed by atoms with Gasteiger partial charge in [-0.2, -0.15) is 0 Å². The smallest absolute Gasteiger partial charge is 0.263 e. The van der Waals surface area contributed by atoms with Crippen molar-refractivity contribution in [3.8, 4) is 17.2 Å². The van der Waals surface area contributed by atoms with Crippen molar-refractivity contribution in [2.24, 2.45) is 0 Å². The van der Waals surface area contributed by atoms with Gasteiger partial charge < -0.3 is 19.5 Å². The van der Waals surface area contributed by atoms with E-state index in [-0.39, 0.29) is 18.3 Å². The van der Waals surface area contributed by atoms with Crippen LogP contribution in [0.5, 0.6) is 17.2 Å². The van der Waals surface area contributed by atoms with E-state index in [4.69, 9.17) is 25.8 Å². The van der Waals surface area contributed by atoms with Crippen LogP contribution in [-0.2, 0) is 14.8 Å². The van der Waals surface area contributed by atoms with Crippen LogP contribution in [0.1, 0.15) is 32.4 Å². The van der Waals surface area contributed by atoms with Gasteiger partial charge in [0, 0.05) is 5.02 Å². The lowest BCUT2D eigenvalue weighted by atomic mass is 10.1. The van der Waals surface area contributed by atoms with E-state index in [1.54, 1.807) is 18.2 Å². The fraction of sp³-hybridized carbons (Fsp3) is 0.409. The number of hydrogen-bond donors (Lipinski definition) is 1. The fourth-order valence-electron chi connectivity index (χ4n) is 3.40. The van der Waals surface area contributed by atoms with Crippen LogP contribution < -0.4 is 23.8 Å². The van der Waals surface area contributed by atoms with E-state index in [2.05, 4.69) is 5.32 Å². The largest absolute Gasteiger partial charge is 0.490 e. The van der Waals surface area contributed by atoms with Crippen LogP contribution in [0, 0.1) is 0 Å². The summed E-state index contributed by atoms with van der Waals surface area (Å²) in [6, 6.07) is 9.73. The summed E-state index contributed by atoms with van der Waals surface area (Å²) in [6.07, 6.45) is 0.0605. The van der Waals surface area contributed by atoms with Crippen molar-refractivity contribution in [1.29, 1.82) is 0 Å². The number of benzene rings is 2. The minimum atomic E-state index is -3.64. The van der Waals surface area contributed by atoms with E-state index in [1.165, 1.54) is 6.07 Å². The Balaban J connectivity index is 1.79. The van der Waals surface area contributed by atoms with Gasteiger partial charge in [0.2, 0.25) is 10.0 Å². The molecule has 1 aliphatic rings. The monoisotopic (exact) mass is 482 g/mol. The molecule has 1 heterocycles. The molecular weight excluding hydrogens is 456 g/mol. The zero-order valence-corrected chi connectivity index (χ0v) is 20.0. The van der Waals surface area contributed by atoms with Crippen molar-refractivity contribution in [2.75, 3.05) is 30.3 Å². The maximum Gasteiger partial charge on any atom is 0.263 e. The molecule has 0 fully saturated rings. The average Bonchev–Trinajstić information content (AvgIpc) is 2.73. The zero-order valence-electron chi connectivity index (χ0n) is 18.4. The third-order valence-electron chi connectivity index (χ3n) is 4.91. The minimum absolute atomic E-state index is 0.155. The second-order valence-electron chi connectivity index (χ2n) is 7.32. The fourth-order valence-corrected chi connectivity index (χ4v) is 4.47. The number of amides is 1. The lowest BCUT2D eigenvalue weighted by molar-refractivity contribution is -0.128. The van der Waals surface area contributed by atoms with Crippen LogP contribution in [0.2, 0.25) is 5.02 Å². The first-order valence-corrected chi connectivity index (χ1v) is 12.5. The number of ether oxygens (including phenoxy) is 3. The molecule has 32 heavy (non-hydrogen) atoms. The number of sulfonamides is 1. The molecule has 2 aromatic rings. The Bertz CT molecular complexity index is 1090. The Morgan fingerprint density at radius 1 is 1.19 bits per heavy atom. The van der Waals surface area contributed by atoms with E-state index in [0.29, 0.717) is 35.4 Å². The first-order valence-electron chi connectivity index (χ1n) is 10.3.